The highest BCUT2D eigenvalue weighted by atomic mass is 79.9. The minimum Gasteiger partial charge on any atom is -0.378 e. The van der Waals surface area contributed by atoms with E-state index in [2.05, 4.69) is 52.4 Å². The van der Waals surface area contributed by atoms with Crippen LogP contribution in [0.1, 0.15) is 31.7 Å². The number of hydrogen-bond acceptors (Lipinski definition) is 2. The van der Waals surface area contributed by atoms with Crippen molar-refractivity contribution < 1.29 is 4.74 Å². The van der Waals surface area contributed by atoms with Crippen molar-refractivity contribution in [1.82, 2.24) is 5.32 Å². The molecule has 1 fully saturated rings. The van der Waals surface area contributed by atoms with Gasteiger partial charge in [0, 0.05) is 11.1 Å². The second-order valence-corrected chi connectivity index (χ2v) is 6.29. The molecule has 1 heterocycles. The van der Waals surface area contributed by atoms with Gasteiger partial charge in [0.25, 0.3) is 0 Å². The van der Waals surface area contributed by atoms with E-state index >= 15 is 0 Å². The fourth-order valence-electron chi connectivity index (χ4n) is 2.79. The van der Waals surface area contributed by atoms with Crippen molar-refractivity contribution in [2.75, 3.05) is 19.7 Å². The average molecular weight is 326 g/mol. The number of ether oxygens (including phenoxy) is 1. The van der Waals surface area contributed by atoms with Gasteiger partial charge in [-0.2, -0.15) is 0 Å². The van der Waals surface area contributed by atoms with Gasteiger partial charge in [0.1, 0.15) is 0 Å². The molecule has 0 bridgehead atoms. The molecule has 19 heavy (non-hydrogen) atoms. The third-order valence-electron chi connectivity index (χ3n) is 3.72. The molecule has 1 saturated heterocycles. The zero-order valence-corrected chi connectivity index (χ0v) is 13.3. The monoisotopic (exact) mass is 325 g/mol. The molecule has 0 aliphatic carbocycles. The molecule has 1 aromatic rings. The summed E-state index contributed by atoms with van der Waals surface area (Å²) in [5.41, 5.74) is 1.41. The molecule has 1 aliphatic rings. The summed E-state index contributed by atoms with van der Waals surface area (Å²) in [6.45, 7) is 5.25. The summed E-state index contributed by atoms with van der Waals surface area (Å²) < 4.78 is 6.96. The normalized spacial score (nSPS) is 20.6. The van der Waals surface area contributed by atoms with Crippen LogP contribution in [0.2, 0.25) is 0 Å². The lowest BCUT2D eigenvalue weighted by atomic mass is 9.92. The van der Waals surface area contributed by atoms with Crippen molar-refractivity contribution in [1.29, 1.82) is 0 Å². The SMILES string of the molecule is CCNCC(Cc1cccc(Br)c1)CC1CCCO1. The standard InChI is InChI=1S/C16H24BrNO/c1-2-18-12-14(11-16-7-4-8-19-16)9-13-5-3-6-15(17)10-13/h3,5-6,10,14,16,18H,2,4,7-9,11-12H2,1H3. The maximum Gasteiger partial charge on any atom is 0.0579 e. The molecule has 0 aromatic heterocycles. The molecule has 106 valence electrons. The van der Waals surface area contributed by atoms with Gasteiger partial charge in [0.2, 0.25) is 0 Å². The summed E-state index contributed by atoms with van der Waals surface area (Å²) >= 11 is 3.55. The number of rotatable bonds is 7. The van der Waals surface area contributed by atoms with E-state index in [1.54, 1.807) is 0 Å². The predicted molar refractivity (Wildman–Crippen MR) is 83.5 cm³/mol. The van der Waals surface area contributed by atoms with E-state index in [-0.39, 0.29) is 0 Å². The van der Waals surface area contributed by atoms with Gasteiger partial charge >= 0.3 is 0 Å². The first-order valence-electron chi connectivity index (χ1n) is 7.34. The Morgan fingerprint density at radius 1 is 1.47 bits per heavy atom. The fourth-order valence-corrected chi connectivity index (χ4v) is 3.23. The summed E-state index contributed by atoms with van der Waals surface area (Å²) in [4.78, 5) is 0. The second kappa shape index (κ2) is 8.03. The van der Waals surface area contributed by atoms with Crippen LogP contribution in [0.3, 0.4) is 0 Å². The van der Waals surface area contributed by atoms with Gasteiger partial charge in [-0.25, -0.2) is 0 Å². The van der Waals surface area contributed by atoms with Gasteiger partial charge in [-0.05, 0) is 62.4 Å². The van der Waals surface area contributed by atoms with E-state index in [0.29, 0.717) is 12.0 Å². The predicted octanol–water partition coefficient (Wildman–Crippen LogP) is 3.79. The molecule has 2 unspecified atom stereocenters. The molecular formula is C16H24BrNO. The van der Waals surface area contributed by atoms with Crippen molar-refractivity contribution in [2.45, 2.75) is 38.7 Å². The van der Waals surface area contributed by atoms with Gasteiger partial charge in [-0.3, -0.25) is 0 Å². The molecule has 2 rings (SSSR count). The van der Waals surface area contributed by atoms with Crippen molar-refractivity contribution in [2.24, 2.45) is 5.92 Å². The lowest BCUT2D eigenvalue weighted by molar-refractivity contribution is 0.0893. The number of nitrogens with one attached hydrogen (secondary N) is 1. The summed E-state index contributed by atoms with van der Waals surface area (Å²) in [6, 6.07) is 8.66. The Bertz CT molecular complexity index is 377. The molecule has 0 amide bonds. The van der Waals surface area contributed by atoms with Crippen molar-refractivity contribution in [3.63, 3.8) is 0 Å². The highest BCUT2D eigenvalue weighted by Gasteiger charge is 2.20. The van der Waals surface area contributed by atoms with Gasteiger partial charge < -0.3 is 10.1 Å². The van der Waals surface area contributed by atoms with Crippen molar-refractivity contribution in [3.8, 4) is 0 Å². The lowest BCUT2D eigenvalue weighted by Crippen LogP contribution is -2.27. The zero-order chi connectivity index (χ0) is 13.5. The molecule has 0 radical (unpaired) electrons. The molecule has 0 spiro atoms. The molecule has 2 atom stereocenters. The van der Waals surface area contributed by atoms with E-state index in [1.165, 1.54) is 29.3 Å². The topological polar surface area (TPSA) is 21.3 Å². The fraction of sp³-hybridized carbons (Fsp3) is 0.625. The van der Waals surface area contributed by atoms with Gasteiger partial charge in [0.05, 0.1) is 6.10 Å². The Morgan fingerprint density at radius 2 is 2.37 bits per heavy atom. The smallest absolute Gasteiger partial charge is 0.0579 e. The Morgan fingerprint density at radius 3 is 3.05 bits per heavy atom. The molecule has 3 heteroatoms. The van der Waals surface area contributed by atoms with Crippen LogP contribution in [-0.2, 0) is 11.2 Å². The number of halogens is 1. The Hall–Kier alpha value is -0.380. The summed E-state index contributed by atoms with van der Waals surface area (Å²) in [7, 11) is 0. The molecule has 0 saturated carbocycles. The third-order valence-corrected chi connectivity index (χ3v) is 4.21. The molecule has 1 N–H and O–H groups in total. The van der Waals surface area contributed by atoms with E-state index in [4.69, 9.17) is 4.74 Å². The first kappa shape index (κ1) is 15.0. The minimum atomic E-state index is 0.482. The largest absolute Gasteiger partial charge is 0.378 e. The van der Waals surface area contributed by atoms with Crippen LogP contribution in [0, 0.1) is 5.92 Å². The van der Waals surface area contributed by atoms with Gasteiger partial charge in [-0.15, -0.1) is 0 Å². The van der Waals surface area contributed by atoms with Crippen molar-refractivity contribution in [3.05, 3.63) is 34.3 Å². The van der Waals surface area contributed by atoms with Gasteiger partial charge in [-0.1, -0.05) is 35.0 Å². The Labute approximate surface area is 125 Å². The zero-order valence-electron chi connectivity index (χ0n) is 11.7. The van der Waals surface area contributed by atoms with E-state index < -0.39 is 0 Å². The highest BCUT2D eigenvalue weighted by molar-refractivity contribution is 9.10. The van der Waals surface area contributed by atoms with Crippen LogP contribution < -0.4 is 5.32 Å². The van der Waals surface area contributed by atoms with Crippen LogP contribution in [0.5, 0.6) is 0 Å². The van der Waals surface area contributed by atoms with E-state index in [9.17, 15) is 0 Å². The highest BCUT2D eigenvalue weighted by Crippen LogP contribution is 2.23. The van der Waals surface area contributed by atoms with Crippen LogP contribution >= 0.6 is 15.9 Å². The summed E-state index contributed by atoms with van der Waals surface area (Å²) in [5, 5.41) is 3.49. The van der Waals surface area contributed by atoms with E-state index in [1.807, 2.05) is 0 Å². The summed E-state index contributed by atoms with van der Waals surface area (Å²) in [5.74, 6) is 0.664. The van der Waals surface area contributed by atoms with Crippen LogP contribution in [0.25, 0.3) is 0 Å². The lowest BCUT2D eigenvalue weighted by Gasteiger charge is -2.21. The minimum absolute atomic E-state index is 0.482. The first-order chi connectivity index (χ1) is 9.28. The van der Waals surface area contributed by atoms with E-state index in [0.717, 1.165) is 26.1 Å². The quantitative estimate of drug-likeness (QED) is 0.823. The van der Waals surface area contributed by atoms with Crippen LogP contribution in [0.4, 0.5) is 0 Å². The third kappa shape index (κ3) is 5.25. The van der Waals surface area contributed by atoms with Crippen molar-refractivity contribution >= 4 is 15.9 Å². The first-order valence-corrected chi connectivity index (χ1v) is 8.14. The molecule has 2 nitrogen and oxygen atoms in total. The number of benzene rings is 1. The maximum absolute atomic E-state index is 5.79. The Kier molecular flexibility index (Phi) is 6.35. The Balaban J connectivity index is 1.92. The molecule has 1 aromatic carbocycles. The van der Waals surface area contributed by atoms with Crippen LogP contribution in [0.15, 0.2) is 28.7 Å². The van der Waals surface area contributed by atoms with Gasteiger partial charge in [0.15, 0.2) is 0 Å². The average Bonchev–Trinajstić information content (AvgIpc) is 2.89. The van der Waals surface area contributed by atoms with Crippen LogP contribution in [-0.4, -0.2) is 25.8 Å². The number of hydrogen-bond donors (Lipinski definition) is 1. The summed E-state index contributed by atoms with van der Waals surface area (Å²) in [6.07, 6.45) is 5.26. The molecular weight excluding hydrogens is 302 g/mol. The maximum atomic E-state index is 5.79. The second-order valence-electron chi connectivity index (χ2n) is 5.38. The molecule has 1 aliphatic heterocycles.